The lowest BCUT2D eigenvalue weighted by Crippen LogP contribution is -2.69. The zero-order chi connectivity index (χ0) is 31.1. The maximum absolute atomic E-state index is 14.2. The predicted octanol–water partition coefficient (Wildman–Crippen LogP) is 6.56. The number of unbranched alkanes of at least 4 members (excludes halogenated alkanes) is 3. The third kappa shape index (κ3) is 5.94. The summed E-state index contributed by atoms with van der Waals surface area (Å²) in [5.74, 6) is 2.99. The highest BCUT2D eigenvalue weighted by Gasteiger charge is 2.67. The van der Waals surface area contributed by atoms with Gasteiger partial charge in [-0.15, -0.1) is 0 Å². The Labute approximate surface area is 270 Å². The third-order valence-corrected chi connectivity index (χ3v) is 12.7. The molecule has 6 aliphatic rings. The molecule has 1 aromatic carbocycles. The van der Waals surface area contributed by atoms with E-state index >= 15 is 0 Å². The van der Waals surface area contributed by atoms with Gasteiger partial charge < -0.3 is 19.5 Å². The summed E-state index contributed by atoms with van der Waals surface area (Å²) in [5.41, 5.74) is 2.42. The van der Waals surface area contributed by atoms with Crippen LogP contribution in [0.5, 0.6) is 11.5 Å². The van der Waals surface area contributed by atoms with Crippen LogP contribution in [0.4, 0.5) is 0 Å². The van der Waals surface area contributed by atoms with Crippen LogP contribution in [0, 0.1) is 17.8 Å². The van der Waals surface area contributed by atoms with Gasteiger partial charge in [0.25, 0.3) is 0 Å². The quantitative estimate of drug-likeness (QED) is 0.153. The van der Waals surface area contributed by atoms with E-state index in [1.165, 1.54) is 56.6 Å². The Morgan fingerprint density at radius 2 is 1.91 bits per heavy atom. The van der Waals surface area contributed by atoms with E-state index in [1.54, 1.807) is 0 Å². The zero-order valence-corrected chi connectivity index (χ0v) is 27.8. The number of aliphatic hydroxyl groups is 1. The number of aliphatic hydroxyl groups excluding tert-OH is 1. The first-order valence-corrected chi connectivity index (χ1v) is 18.6. The summed E-state index contributed by atoms with van der Waals surface area (Å²) < 4.78 is 12.8. The number of carbonyl (C=O) groups is 2. The Bertz CT molecular complexity index is 1240. The standard InChI is InChI=1S/C38H56N2O5/c1-3-4-10-20-40(34(43)14-9-8-13-26-11-6-5-7-12-26)30-17-16-29-31-22-27-15-18-33(44-25(2)41)36-35(27)38(29,37(30)45-36)19-21-39(31)24-28-23-32(28)42/h15,18,26,28-32,37,42H,3-14,16-17,19-24H2,1-2H3/t28?,29-,30+,31+,32?,37-,38-/m0/s1. The number of hydrogen-bond acceptors (Lipinski definition) is 6. The molecule has 1 N–H and O–H groups in total. The van der Waals surface area contributed by atoms with Crippen molar-refractivity contribution in [2.24, 2.45) is 17.8 Å². The first-order valence-electron chi connectivity index (χ1n) is 18.6. The van der Waals surface area contributed by atoms with Gasteiger partial charge in [0.15, 0.2) is 11.5 Å². The van der Waals surface area contributed by atoms with Crippen molar-refractivity contribution in [3.8, 4) is 11.5 Å². The van der Waals surface area contributed by atoms with Crippen molar-refractivity contribution < 1.29 is 24.2 Å². The monoisotopic (exact) mass is 620 g/mol. The topological polar surface area (TPSA) is 79.3 Å². The van der Waals surface area contributed by atoms with Gasteiger partial charge in [0, 0.05) is 49.4 Å². The normalized spacial score (nSPS) is 33.3. The van der Waals surface area contributed by atoms with Crippen LogP contribution in [-0.2, 0) is 21.4 Å². The number of rotatable bonds is 13. The number of hydrogen-bond donors (Lipinski definition) is 1. The number of esters is 1. The smallest absolute Gasteiger partial charge is 0.308 e. The van der Waals surface area contributed by atoms with Crippen molar-refractivity contribution in [3.63, 3.8) is 0 Å². The van der Waals surface area contributed by atoms with Crippen molar-refractivity contribution >= 4 is 11.9 Å². The Morgan fingerprint density at radius 1 is 1.09 bits per heavy atom. The summed E-state index contributed by atoms with van der Waals surface area (Å²) in [6.07, 6.45) is 18.9. The first kappa shape index (κ1) is 31.5. The largest absolute Gasteiger partial charge is 0.483 e. The minimum atomic E-state index is -0.327. The highest BCUT2D eigenvalue weighted by atomic mass is 16.6. The van der Waals surface area contributed by atoms with Gasteiger partial charge in [-0.1, -0.05) is 70.8 Å². The zero-order valence-electron chi connectivity index (χ0n) is 27.8. The van der Waals surface area contributed by atoms with Crippen LogP contribution in [0.15, 0.2) is 12.1 Å². The maximum atomic E-state index is 14.2. The van der Waals surface area contributed by atoms with Gasteiger partial charge in [0.1, 0.15) is 6.10 Å². The van der Waals surface area contributed by atoms with E-state index in [2.05, 4.69) is 22.8 Å². The molecule has 7 nitrogen and oxygen atoms in total. The number of carbonyl (C=O) groups excluding carboxylic acids is 2. The highest BCUT2D eigenvalue weighted by molar-refractivity contribution is 5.77. The SMILES string of the molecule is CCCCCN(C(=O)CCCCC1CCCCC1)[C@@H]1CC[C@H]2[C@H]3Cc4ccc(OC(C)=O)c5c4[C@@]2(CCN3CC2CC2O)[C@H]1O5. The lowest BCUT2D eigenvalue weighted by Gasteiger charge is -2.60. The van der Waals surface area contributed by atoms with E-state index in [9.17, 15) is 14.7 Å². The predicted molar refractivity (Wildman–Crippen MR) is 174 cm³/mol. The minimum absolute atomic E-state index is 0.0323. The fourth-order valence-electron chi connectivity index (χ4n) is 10.4. The molecule has 4 fully saturated rings. The first-order chi connectivity index (χ1) is 21.9. The molecular weight excluding hydrogens is 564 g/mol. The number of likely N-dealkylation sites (tertiary alicyclic amines) is 1. The van der Waals surface area contributed by atoms with Gasteiger partial charge >= 0.3 is 5.97 Å². The number of amides is 1. The summed E-state index contributed by atoms with van der Waals surface area (Å²) in [4.78, 5) is 31.3. The van der Waals surface area contributed by atoms with E-state index in [0.717, 1.165) is 95.5 Å². The third-order valence-electron chi connectivity index (χ3n) is 12.7. The van der Waals surface area contributed by atoms with Gasteiger partial charge in [-0.25, -0.2) is 0 Å². The van der Waals surface area contributed by atoms with Gasteiger partial charge in [-0.2, -0.15) is 0 Å². The molecule has 2 aliphatic heterocycles. The molecule has 45 heavy (non-hydrogen) atoms. The molecule has 4 aliphatic carbocycles. The second kappa shape index (κ2) is 13.2. The Kier molecular flexibility index (Phi) is 9.22. The van der Waals surface area contributed by atoms with Crippen LogP contribution in [0.1, 0.15) is 128 Å². The number of benzene rings is 1. The fourth-order valence-corrected chi connectivity index (χ4v) is 10.4. The molecule has 7 heteroatoms. The van der Waals surface area contributed by atoms with Gasteiger partial charge in [0.2, 0.25) is 5.91 Å². The molecule has 1 amide bonds. The maximum Gasteiger partial charge on any atom is 0.308 e. The van der Waals surface area contributed by atoms with Crippen molar-refractivity contribution in [1.82, 2.24) is 9.80 Å². The lowest BCUT2D eigenvalue weighted by atomic mass is 9.51. The molecule has 0 radical (unpaired) electrons. The number of piperidine rings is 1. The van der Waals surface area contributed by atoms with E-state index in [1.807, 2.05) is 6.07 Å². The second-order valence-corrected chi connectivity index (χ2v) is 15.5. The van der Waals surface area contributed by atoms with Crippen molar-refractivity contribution in [1.29, 1.82) is 0 Å². The molecule has 0 aromatic heterocycles. The Balaban J connectivity index is 1.16. The van der Waals surface area contributed by atoms with Gasteiger partial charge in [0.05, 0.1) is 12.1 Å². The van der Waals surface area contributed by atoms with Crippen LogP contribution in [0.2, 0.25) is 0 Å². The number of nitrogens with zero attached hydrogens (tertiary/aromatic N) is 2. The summed E-state index contributed by atoms with van der Waals surface area (Å²) in [6.45, 7) is 6.45. The highest BCUT2D eigenvalue weighted by Crippen LogP contribution is 2.64. The van der Waals surface area contributed by atoms with Crippen LogP contribution < -0.4 is 9.47 Å². The van der Waals surface area contributed by atoms with E-state index in [0.29, 0.717) is 36.0 Å². The number of ether oxygens (including phenoxy) is 2. The molecule has 1 spiro atoms. The molecule has 2 unspecified atom stereocenters. The summed E-state index contributed by atoms with van der Waals surface area (Å²) in [6, 6.07) is 4.55. The van der Waals surface area contributed by atoms with Gasteiger partial charge in [-0.05, 0) is 75.0 Å². The molecular formula is C38H56N2O5. The molecule has 1 saturated heterocycles. The minimum Gasteiger partial charge on any atom is -0.483 e. The Morgan fingerprint density at radius 3 is 2.67 bits per heavy atom. The average Bonchev–Trinajstić information content (AvgIpc) is 3.61. The molecule has 248 valence electrons. The average molecular weight is 621 g/mol. The Hall–Kier alpha value is -2.12. The summed E-state index contributed by atoms with van der Waals surface area (Å²) in [5, 5.41) is 10.2. The van der Waals surface area contributed by atoms with Crippen molar-refractivity contribution in [3.05, 3.63) is 23.3 Å². The summed E-state index contributed by atoms with van der Waals surface area (Å²) in [7, 11) is 0. The van der Waals surface area contributed by atoms with Crippen LogP contribution in [0.3, 0.4) is 0 Å². The van der Waals surface area contributed by atoms with E-state index in [4.69, 9.17) is 9.47 Å². The summed E-state index contributed by atoms with van der Waals surface area (Å²) >= 11 is 0. The van der Waals surface area contributed by atoms with E-state index in [-0.39, 0.29) is 29.6 Å². The van der Waals surface area contributed by atoms with Gasteiger partial charge in [-0.3, -0.25) is 14.5 Å². The molecule has 2 bridgehead atoms. The molecule has 2 heterocycles. The molecule has 3 saturated carbocycles. The van der Waals surface area contributed by atoms with Crippen LogP contribution in [-0.4, -0.2) is 70.7 Å². The van der Waals surface area contributed by atoms with E-state index < -0.39 is 0 Å². The van der Waals surface area contributed by atoms with Crippen molar-refractivity contribution in [2.75, 3.05) is 19.6 Å². The lowest BCUT2D eigenvalue weighted by molar-refractivity contribution is -0.143. The fraction of sp³-hybridized carbons (Fsp3) is 0.789. The van der Waals surface area contributed by atoms with Crippen LogP contribution >= 0.6 is 0 Å². The molecule has 1 aromatic rings. The van der Waals surface area contributed by atoms with Crippen molar-refractivity contribution in [2.45, 2.75) is 153 Å². The second-order valence-electron chi connectivity index (χ2n) is 15.5. The van der Waals surface area contributed by atoms with Crippen LogP contribution in [0.25, 0.3) is 0 Å². The molecule has 7 rings (SSSR count). The molecule has 7 atom stereocenters.